The first-order valence-electron chi connectivity index (χ1n) is 5.82. The molecule has 0 spiro atoms. The lowest BCUT2D eigenvalue weighted by atomic mass is 10.2. The molecule has 2 rings (SSSR count). The predicted molar refractivity (Wildman–Crippen MR) is 71.9 cm³/mol. The first-order chi connectivity index (χ1) is 9.06. The first kappa shape index (κ1) is 12.9. The minimum Gasteiger partial charge on any atom is -0.360 e. The van der Waals surface area contributed by atoms with Gasteiger partial charge in [0.05, 0.1) is 4.92 Å². The topological polar surface area (TPSA) is 81.0 Å². The highest BCUT2D eigenvalue weighted by Gasteiger charge is 2.14. The number of nitro groups is 1. The highest BCUT2D eigenvalue weighted by Crippen LogP contribution is 2.22. The number of nitrogens with one attached hydrogen (secondary N) is 1. The van der Waals surface area contributed by atoms with E-state index in [1.807, 2.05) is 19.1 Å². The molecule has 6 heteroatoms. The Labute approximate surface area is 110 Å². The van der Waals surface area contributed by atoms with E-state index in [2.05, 4.69) is 15.3 Å². The minimum atomic E-state index is -0.435. The Bertz CT molecular complexity index is 596. The number of rotatable bonds is 4. The Kier molecular flexibility index (Phi) is 3.70. The fraction of sp³-hybridized carbons (Fsp3) is 0.231. The van der Waals surface area contributed by atoms with Crippen molar-refractivity contribution < 1.29 is 4.92 Å². The van der Waals surface area contributed by atoms with Gasteiger partial charge in [-0.15, -0.1) is 0 Å². The largest absolute Gasteiger partial charge is 0.360 e. The van der Waals surface area contributed by atoms with Gasteiger partial charge in [-0.05, 0) is 31.0 Å². The van der Waals surface area contributed by atoms with Gasteiger partial charge in [0.25, 0.3) is 0 Å². The number of aryl methyl sites for hydroxylation is 2. The molecule has 0 saturated carbocycles. The molecule has 98 valence electrons. The Morgan fingerprint density at radius 2 is 2.05 bits per heavy atom. The fourth-order valence-electron chi connectivity index (χ4n) is 1.62. The van der Waals surface area contributed by atoms with Gasteiger partial charge in [-0.25, -0.2) is 4.98 Å². The lowest BCUT2D eigenvalue weighted by Gasteiger charge is -2.06. The van der Waals surface area contributed by atoms with Gasteiger partial charge in [-0.2, -0.15) is 0 Å². The Balaban J connectivity index is 2.15. The second kappa shape index (κ2) is 5.43. The van der Waals surface area contributed by atoms with Gasteiger partial charge in [0.2, 0.25) is 5.82 Å². The summed E-state index contributed by atoms with van der Waals surface area (Å²) >= 11 is 0. The standard InChI is InChI=1S/C13H14N4O2/c1-9-5-12(17(18)19)13(15-6-9)16-8-11-4-3-10(2)14-7-11/h3-7H,8H2,1-2H3,(H,15,16). The molecule has 0 unspecified atom stereocenters. The molecule has 0 radical (unpaired) electrons. The van der Waals surface area contributed by atoms with Crippen LogP contribution in [0.25, 0.3) is 0 Å². The van der Waals surface area contributed by atoms with Crippen molar-refractivity contribution in [1.29, 1.82) is 0 Å². The molecule has 0 atom stereocenters. The van der Waals surface area contributed by atoms with Crippen molar-refractivity contribution in [3.63, 3.8) is 0 Å². The van der Waals surface area contributed by atoms with Crippen LogP contribution in [0.1, 0.15) is 16.8 Å². The van der Waals surface area contributed by atoms with Crippen molar-refractivity contribution in [3.8, 4) is 0 Å². The molecular formula is C13H14N4O2. The van der Waals surface area contributed by atoms with E-state index in [0.29, 0.717) is 6.54 Å². The molecule has 0 saturated heterocycles. The molecule has 2 aromatic heterocycles. The van der Waals surface area contributed by atoms with Crippen LogP contribution < -0.4 is 5.32 Å². The van der Waals surface area contributed by atoms with E-state index in [4.69, 9.17) is 0 Å². The van der Waals surface area contributed by atoms with Gasteiger partial charge in [0.1, 0.15) is 0 Å². The van der Waals surface area contributed by atoms with E-state index in [1.165, 1.54) is 6.07 Å². The zero-order valence-corrected chi connectivity index (χ0v) is 10.8. The van der Waals surface area contributed by atoms with Crippen molar-refractivity contribution in [3.05, 3.63) is 57.5 Å². The van der Waals surface area contributed by atoms with Gasteiger partial charge in [0, 0.05) is 30.7 Å². The Morgan fingerprint density at radius 1 is 1.26 bits per heavy atom. The van der Waals surface area contributed by atoms with Crippen LogP contribution in [-0.2, 0) is 6.54 Å². The third-order valence-electron chi connectivity index (χ3n) is 2.63. The van der Waals surface area contributed by atoms with E-state index in [0.717, 1.165) is 16.8 Å². The van der Waals surface area contributed by atoms with Crippen molar-refractivity contribution in [2.75, 3.05) is 5.32 Å². The number of hydrogen-bond acceptors (Lipinski definition) is 5. The summed E-state index contributed by atoms with van der Waals surface area (Å²) in [5.41, 5.74) is 2.62. The molecule has 0 fully saturated rings. The quantitative estimate of drug-likeness (QED) is 0.673. The molecule has 0 bridgehead atoms. The van der Waals surface area contributed by atoms with Crippen LogP contribution in [0.15, 0.2) is 30.6 Å². The third kappa shape index (κ3) is 3.25. The lowest BCUT2D eigenvalue weighted by molar-refractivity contribution is -0.384. The normalized spacial score (nSPS) is 10.2. The summed E-state index contributed by atoms with van der Waals surface area (Å²) in [6.07, 6.45) is 3.34. The predicted octanol–water partition coefficient (Wildman–Crippen LogP) is 2.61. The molecule has 2 heterocycles. The van der Waals surface area contributed by atoms with E-state index in [9.17, 15) is 10.1 Å². The highest BCUT2D eigenvalue weighted by molar-refractivity contribution is 5.56. The maximum atomic E-state index is 10.9. The molecule has 0 aliphatic rings. The number of pyridine rings is 2. The van der Waals surface area contributed by atoms with Crippen LogP contribution in [0, 0.1) is 24.0 Å². The molecule has 0 aromatic carbocycles. The molecular weight excluding hydrogens is 244 g/mol. The van der Waals surface area contributed by atoms with Crippen LogP contribution in [0.4, 0.5) is 11.5 Å². The molecule has 1 N–H and O–H groups in total. The smallest absolute Gasteiger partial charge is 0.311 e. The second-order valence-corrected chi connectivity index (χ2v) is 4.30. The molecule has 0 aliphatic heterocycles. The SMILES string of the molecule is Cc1cnc(NCc2ccc(C)nc2)c([N+](=O)[O-])c1. The highest BCUT2D eigenvalue weighted by atomic mass is 16.6. The molecule has 0 aliphatic carbocycles. The van der Waals surface area contributed by atoms with Gasteiger partial charge < -0.3 is 5.32 Å². The number of nitrogens with zero attached hydrogens (tertiary/aromatic N) is 3. The van der Waals surface area contributed by atoms with Crippen LogP contribution >= 0.6 is 0 Å². The van der Waals surface area contributed by atoms with Gasteiger partial charge in [-0.1, -0.05) is 6.07 Å². The minimum absolute atomic E-state index is 0.0138. The summed E-state index contributed by atoms with van der Waals surface area (Å²) in [5.74, 6) is 0.274. The Morgan fingerprint density at radius 3 is 2.68 bits per heavy atom. The average Bonchev–Trinajstić information content (AvgIpc) is 2.39. The van der Waals surface area contributed by atoms with Gasteiger partial charge in [0.15, 0.2) is 0 Å². The second-order valence-electron chi connectivity index (χ2n) is 4.30. The van der Waals surface area contributed by atoms with Crippen LogP contribution in [0.5, 0.6) is 0 Å². The first-order valence-corrected chi connectivity index (χ1v) is 5.82. The zero-order chi connectivity index (χ0) is 13.8. The maximum absolute atomic E-state index is 10.9. The van der Waals surface area contributed by atoms with Crippen LogP contribution in [-0.4, -0.2) is 14.9 Å². The van der Waals surface area contributed by atoms with Crippen LogP contribution in [0.3, 0.4) is 0 Å². The van der Waals surface area contributed by atoms with E-state index in [1.54, 1.807) is 19.3 Å². The monoisotopic (exact) mass is 258 g/mol. The van der Waals surface area contributed by atoms with Crippen molar-refractivity contribution in [1.82, 2.24) is 9.97 Å². The molecule has 2 aromatic rings. The lowest BCUT2D eigenvalue weighted by Crippen LogP contribution is -2.05. The van der Waals surface area contributed by atoms with Gasteiger partial charge in [-0.3, -0.25) is 15.1 Å². The molecule has 6 nitrogen and oxygen atoms in total. The van der Waals surface area contributed by atoms with Crippen molar-refractivity contribution in [2.24, 2.45) is 0 Å². The average molecular weight is 258 g/mol. The third-order valence-corrected chi connectivity index (χ3v) is 2.63. The number of aromatic nitrogens is 2. The summed E-state index contributed by atoms with van der Waals surface area (Å²) in [6, 6.07) is 5.33. The van der Waals surface area contributed by atoms with Crippen molar-refractivity contribution >= 4 is 11.5 Å². The van der Waals surface area contributed by atoms with E-state index in [-0.39, 0.29) is 11.5 Å². The number of hydrogen-bond donors (Lipinski definition) is 1. The van der Waals surface area contributed by atoms with E-state index < -0.39 is 4.92 Å². The summed E-state index contributed by atoms with van der Waals surface area (Å²) < 4.78 is 0. The van der Waals surface area contributed by atoms with E-state index >= 15 is 0 Å². The van der Waals surface area contributed by atoms with Gasteiger partial charge >= 0.3 is 5.69 Å². The molecule has 19 heavy (non-hydrogen) atoms. The number of anilines is 1. The molecule has 0 amide bonds. The summed E-state index contributed by atoms with van der Waals surface area (Å²) in [6.45, 7) is 4.13. The fourth-order valence-corrected chi connectivity index (χ4v) is 1.62. The summed E-state index contributed by atoms with van der Waals surface area (Å²) in [4.78, 5) is 18.7. The zero-order valence-electron chi connectivity index (χ0n) is 10.8. The van der Waals surface area contributed by atoms with Crippen molar-refractivity contribution in [2.45, 2.75) is 20.4 Å². The summed E-state index contributed by atoms with van der Waals surface area (Å²) in [7, 11) is 0. The van der Waals surface area contributed by atoms with Crippen LogP contribution in [0.2, 0.25) is 0 Å². The Hall–Kier alpha value is -2.50. The maximum Gasteiger partial charge on any atom is 0.311 e. The summed E-state index contributed by atoms with van der Waals surface area (Å²) in [5, 5.41) is 13.9.